The zero-order valence-corrected chi connectivity index (χ0v) is 11.3. The fourth-order valence-electron chi connectivity index (χ4n) is 3.24. The lowest BCUT2D eigenvalue weighted by molar-refractivity contribution is 0.0854. The van der Waals surface area contributed by atoms with E-state index in [0.717, 1.165) is 12.6 Å². The third-order valence-electron chi connectivity index (χ3n) is 4.85. The molecule has 2 fully saturated rings. The van der Waals surface area contributed by atoms with E-state index in [9.17, 15) is 0 Å². The first-order chi connectivity index (χ1) is 7.40. The number of nitrogens with zero attached hydrogens (tertiary/aromatic N) is 1. The van der Waals surface area contributed by atoms with Crippen molar-refractivity contribution in [2.24, 2.45) is 11.1 Å². The molecular formula is C14H28N2. The molecule has 16 heavy (non-hydrogen) atoms. The maximum Gasteiger partial charge on any atom is 0.0283 e. The molecule has 0 amide bonds. The molecule has 0 radical (unpaired) electrons. The summed E-state index contributed by atoms with van der Waals surface area (Å²) in [5.74, 6) is 0. The maximum absolute atomic E-state index is 6.32. The molecule has 0 saturated heterocycles. The summed E-state index contributed by atoms with van der Waals surface area (Å²) in [5, 5.41) is 0. The molecule has 2 aliphatic rings. The van der Waals surface area contributed by atoms with Crippen LogP contribution in [0.5, 0.6) is 0 Å². The fourth-order valence-corrected chi connectivity index (χ4v) is 3.24. The van der Waals surface area contributed by atoms with E-state index in [2.05, 4.69) is 25.8 Å². The lowest BCUT2D eigenvalue weighted by atomic mass is 9.74. The molecule has 2 nitrogen and oxygen atoms in total. The van der Waals surface area contributed by atoms with Crippen LogP contribution in [-0.2, 0) is 0 Å². The van der Waals surface area contributed by atoms with Gasteiger partial charge in [-0.2, -0.15) is 0 Å². The third-order valence-corrected chi connectivity index (χ3v) is 4.85. The Kier molecular flexibility index (Phi) is 3.33. The number of rotatable bonds is 3. The van der Waals surface area contributed by atoms with E-state index in [4.69, 9.17) is 5.73 Å². The van der Waals surface area contributed by atoms with Gasteiger partial charge in [-0.3, -0.25) is 0 Å². The van der Waals surface area contributed by atoms with Crippen LogP contribution in [0.25, 0.3) is 0 Å². The van der Waals surface area contributed by atoms with Crippen LogP contribution in [0.3, 0.4) is 0 Å². The molecule has 2 N–H and O–H groups in total. The lowest BCUT2D eigenvalue weighted by Gasteiger charge is -2.45. The van der Waals surface area contributed by atoms with E-state index in [-0.39, 0.29) is 5.54 Å². The Hall–Kier alpha value is -0.0800. The predicted molar refractivity (Wildman–Crippen MR) is 69.4 cm³/mol. The largest absolute Gasteiger partial charge is 0.324 e. The van der Waals surface area contributed by atoms with Gasteiger partial charge in [0.1, 0.15) is 0 Å². The molecule has 0 aromatic heterocycles. The van der Waals surface area contributed by atoms with Gasteiger partial charge in [-0.15, -0.1) is 0 Å². The second-order valence-electron chi connectivity index (χ2n) is 7.03. The number of hydrogen-bond acceptors (Lipinski definition) is 2. The average molecular weight is 224 g/mol. The topological polar surface area (TPSA) is 29.3 Å². The minimum Gasteiger partial charge on any atom is -0.324 e. The SMILES string of the molecule is CN(CC1(N)CCC1)C1CCC(C)(C)CC1. The van der Waals surface area contributed by atoms with Gasteiger partial charge in [-0.1, -0.05) is 13.8 Å². The van der Waals surface area contributed by atoms with Crippen LogP contribution in [0, 0.1) is 5.41 Å². The number of likely N-dealkylation sites (N-methyl/N-ethyl adjacent to an activating group) is 1. The highest BCUT2D eigenvalue weighted by Gasteiger charge is 2.36. The molecule has 2 heteroatoms. The van der Waals surface area contributed by atoms with Crippen LogP contribution in [-0.4, -0.2) is 30.1 Å². The summed E-state index contributed by atoms with van der Waals surface area (Å²) in [4.78, 5) is 2.54. The van der Waals surface area contributed by atoms with Crippen molar-refractivity contribution < 1.29 is 0 Å². The zero-order valence-electron chi connectivity index (χ0n) is 11.3. The van der Waals surface area contributed by atoms with Crippen molar-refractivity contribution in [3.05, 3.63) is 0 Å². The first kappa shape index (κ1) is 12.4. The van der Waals surface area contributed by atoms with Gasteiger partial charge in [-0.25, -0.2) is 0 Å². The van der Waals surface area contributed by atoms with E-state index < -0.39 is 0 Å². The second-order valence-corrected chi connectivity index (χ2v) is 7.03. The van der Waals surface area contributed by atoms with Crippen molar-refractivity contribution in [1.29, 1.82) is 0 Å². The van der Waals surface area contributed by atoms with Gasteiger partial charge in [-0.05, 0) is 57.4 Å². The molecule has 2 aliphatic carbocycles. The number of nitrogens with two attached hydrogens (primary N) is 1. The van der Waals surface area contributed by atoms with E-state index in [0.29, 0.717) is 5.41 Å². The van der Waals surface area contributed by atoms with Crippen molar-refractivity contribution in [2.75, 3.05) is 13.6 Å². The Labute approximate surface area is 101 Å². The molecule has 0 aliphatic heterocycles. The standard InChI is InChI=1S/C14H28N2/c1-13(2)9-5-12(6-10-13)16(3)11-14(15)7-4-8-14/h12H,4-11,15H2,1-3H3. The molecule has 0 unspecified atom stereocenters. The van der Waals surface area contributed by atoms with Crippen LogP contribution in [0.2, 0.25) is 0 Å². The molecule has 0 bridgehead atoms. The summed E-state index contributed by atoms with van der Waals surface area (Å²) in [7, 11) is 2.27. The summed E-state index contributed by atoms with van der Waals surface area (Å²) in [5.41, 5.74) is 7.05. The highest BCUT2D eigenvalue weighted by molar-refractivity contribution is 4.96. The fraction of sp³-hybridized carbons (Fsp3) is 1.00. The molecule has 0 atom stereocenters. The molecule has 94 valence electrons. The summed E-state index contributed by atoms with van der Waals surface area (Å²) in [6.07, 6.45) is 9.27. The Bertz CT molecular complexity index is 233. The van der Waals surface area contributed by atoms with Crippen LogP contribution in [0.4, 0.5) is 0 Å². The van der Waals surface area contributed by atoms with Gasteiger partial charge in [0, 0.05) is 18.1 Å². The second kappa shape index (κ2) is 4.30. The number of hydrogen-bond donors (Lipinski definition) is 1. The van der Waals surface area contributed by atoms with Crippen molar-refractivity contribution >= 4 is 0 Å². The van der Waals surface area contributed by atoms with Gasteiger partial charge < -0.3 is 10.6 Å². The minimum absolute atomic E-state index is 0.154. The van der Waals surface area contributed by atoms with Crippen LogP contribution < -0.4 is 5.73 Å². The quantitative estimate of drug-likeness (QED) is 0.798. The Morgan fingerprint density at radius 1 is 1.12 bits per heavy atom. The molecule has 0 spiro atoms. The Morgan fingerprint density at radius 3 is 2.12 bits per heavy atom. The van der Waals surface area contributed by atoms with Crippen molar-refractivity contribution in [1.82, 2.24) is 4.90 Å². The summed E-state index contributed by atoms with van der Waals surface area (Å²) in [6, 6.07) is 0.786. The van der Waals surface area contributed by atoms with Crippen LogP contribution in [0.15, 0.2) is 0 Å². The molecule has 2 rings (SSSR count). The predicted octanol–water partition coefficient (Wildman–Crippen LogP) is 2.77. The molecular weight excluding hydrogens is 196 g/mol. The summed E-state index contributed by atoms with van der Waals surface area (Å²) >= 11 is 0. The van der Waals surface area contributed by atoms with E-state index >= 15 is 0 Å². The Morgan fingerprint density at radius 2 is 1.69 bits per heavy atom. The van der Waals surface area contributed by atoms with Crippen molar-refractivity contribution in [3.63, 3.8) is 0 Å². The molecule has 0 aromatic rings. The first-order valence-electron chi connectivity index (χ1n) is 6.89. The maximum atomic E-state index is 6.32. The highest BCUT2D eigenvalue weighted by Crippen LogP contribution is 2.38. The zero-order chi connectivity index (χ0) is 11.8. The third kappa shape index (κ3) is 2.78. The highest BCUT2D eigenvalue weighted by atomic mass is 15.2. The normalized spacial score (nSPS) is 29.1. The van der Waals surface area contributed by atoms with E-state index in [1.807, 2.05) is 0 Å². The summed E-state index contributed by atoms with van der Waals surface area (Å²) in [6.45, 7) is 5.91. The van der Waals surface area contributed by atoms with Crippen LogP contribution >= 0.6 is 0 Å². The van der Waals surface area contributed by atoms with Gasteiger partial charge in [0.05, 0.1) is 0 Å². The van der Waals surface area contributed by atoms with Gasteiger partial charge in [0.15, 0.2) is 0 Å². The van der Waals surface area contributed by atoms with Gasteiger partial charge in [0.25, 0.3) is 0 Å². The minimum atomic E-state index is 0.154. The van der Waals surface area contributed by atoms with E-state index in [1.165, 1.54) is 44.9 Å². The molecule has 0 aromatic carbocycles. The lowest BCUT2D eigenvalue weighted by Crippen LogP contribution is -2.56. The average Bonchev–Trinajstić information content (AvgIpc) is 2.15. The van der Waals surface area contributed by atoms with Gasteiger partial charge >= 0.3 is 0 Å². The summed E-state index contributed by atoms with van der Waals surface area (Å²) < 4.78 is 0. The molecule has 0 heterocycles. The smallest absolute Gasteiger partial charge is 0.0283 e. The van der Waals surface area contributed by atoms with Crippen molar-refractivity contribution in [2.45, 2.75) is 70.4 Å². The monoisotopic (exact) mass is 224 g/mol. The van der Waals surface area contributed by atoms with E-state index in [1.54, 1.807) is 0 Å². The van der Waals surface area contributed by atoms with Crippen LogP contribution in [0.1, 0.15) is 58.8 Å². The Balaban J connectivity index is 1.80. The van der Waals surface area contributed by atoms with Crippen molar-refractivity contribution in [3.8, 4) is 0 Å². The van der Waals surface area contributed by atoms with Gasteiger partial charge in [0.2, 0.25) is 0 Å². The first-order valence-corrected chi connectivity index (χ1v) is 6.89. The molecule has 2 saturated carbocycles.